The lowest BCUT2D eigenvalue weighted by atomic mass is 9.96. The summed E-state index contributed by atoms with van der Waals surface area (Å²) in [6, 6.07) is 5.35. The van der Waals surface area contributed by atoms with Crippen molar-refractivity contribution in [1.29, 1.82) is 0 Å². The Bertz CT molecular complexity index is 466. The highest BCUT2D eigenvalue weighted by atomic mass is 127. The molecule has 1 aromatic carbocycles. The summed E-state index contributed by atoms with van der Waals surface area (Å²) in [5, 5.41) is 10.3. The van der Waals surface area contributed by atoms with Gasteiger partial charge in [0.25, 0.3) is 5.91 Å². The molecule has 1 N–H and O–H groups in total. The van der Waals surface area contributed by atoms with Gasteiger partial charge in [-0.1, -0.05) is 18.5 Å². The van der Waals surface area contributed by atoms with Crippen LogP contribution in [0.2, 0.25) is 5.02 Å². The molecule has 0 aromatic heterocycles. The minimum Gasteiger partial charge on any atom is -0.393 e. The number of nitrogens with zero attached hydrogens (tertiary/aromatic N) is 1. The third-order valence-electron chi connectivity index (χ3n) is 3.31. The minimum absolute atomic E-state index is 0.00736. The maximum Gasteiger partial charge on any atom is 0.253 e. The van der Waals surface area contributed by atoms with E-state index in [-0.39, 0.29) is 17.9 Å². The predicted molar refractivity (Wildman–Crippen MR) is 79.9 cm³/mol. The van der Waals surface area contributed by atoms with Crippen molar-refractivity contribution < 1.29 is 9.90 Å². The third-order valence-corrected chi connectivity index (χ3v) is 4.89. The lowest BCUT2D eigenvalue weighted by molar-refractivity contribution is 0.0297. The Balaban J connectivity index is 2.14. The Morgan fingerprint density at radius 3 is 2.89 bits per heavy atom. The molecule has 0 saturated carbocycles. The normalized spacial score (nSPS) is 24.1. The van der Waals surface area contributed by atoms with E-state index in [4.69, 9.17) is 11.6 Å². The molecule has 0 bridgehead atoms. The van der Waals surface area contributed by atoms with Crippen LogP contribution in [0.5, 0.6) is 0 Å². The number of benzene rings is 1. The first-order valence-corrected chi connectivity index (χ1v) is 7.37. The maximum absolute atomic E-state index is 12.3. The zero-order chi connectivity index (χ0) is 13.3. The number of halogens is 2. The number of carbonyl (C=O) groups excluding carboxylic acids is 1. The number of likely N-dealkylation sites (tertiary alicyclic amines) is 1. The molecule has 2 rings (SSSR count). The topological polar surface area (TPSA) is 40.5 Å². The molecule has 1 heterocycles. The van der Waals surface area contributed by atoms with Crippen LogP contribution in [-0.2, 0) is 0 Å². The van der Waals surface area contributed by atoms with Crippen LogP contribution in [0.1, 0.15) is 23.7 Å². The summed E-state index contributed by atoms with van der Waals surface area (Å²) in [6.45, 7) is 3.17. The second-order valence-corrected chi connectivity index (χ2v) is 6.28. The van der Waals surface area contributed by atoms with Gasteiger partial charge in [-0.05, 0) is 53.1 Å². The third kappa shape index (κ3) is 2.97. The molecular formula is C13H15ClINO2. The summed E-state index contributed by atoms with van der Waals surface area (Å²) >= 11 is 8.17. The fourth-order valence-electron chi connectivity index (χ4n) is 2.13. The number of aliphatic hydroxyl groups is 1. The standard InChI is InChI=1S/C13H15ClINO2/c1-8-7-16(5-4-12(8)17)13(18)9-2-3-11(15)10(14)6-9/h2-3,6,8,12,17H,4-5,7H2,1H3. The lowest BCUT2D eigenvalue weighted by Crippen LogP contribution is -2.44. The van der Waals surface area contributed by atoms with Crippen LogP contribution >= 0.6 is 34.2 Å². The number of hydrogen-bond acceptors (Lipinski definition) is 2. The highest BCUT2D eigenvalue weighted by Gasteiger charge is 2.27. The molecule has 1 saturated heterocycles. The second-order valence-electron chi connectivity index (χ2n) is 4.71. The van der Waals surface area contributed by atoms with E-state index >= 15 is 0 Å². The molecule has 1 aliphatic rings. The van der Waals surface area contributed by atoms with Crippen molar-refractivity contribution in [2.75, 3.05) is 13.1 Å². The van der Waals surface area contributed by atoms with Crippen LogP contribution in [0.3, 0.4) is 0 Å². The van der Waals surface area contributed by atoms with Crippen LogP contribution in [0.15, 0.2) is 18.2 Å². The molecule has 1 aliphatic heterocycles. The zero-order valence-corrected chi connectivity index (χ0v) is 13.0. The summed E-state index contributed by atoms with van der Waals surface area (Å²) in [6.07, 6.45) is 0.347. The van der Waals surface area contributed by atoms with E-state index in [2.05, 4.69) is 22.6 Å². The van der Waals surface area contributed by atoms with Gasteiger partial charge in [0.2, 0.25) is 0 Å². The number of piperidine rings is 1. The molecule has 98 valence electrons. The van der Waals surface area contributed by atoms with Crippen LogP contribution in [-0.4, -0.2) is 35.1 Å². The Morgan fingerprint density at radius 2 is 2.28 bits per heavy atom. The smallest absolute Gasteiger partial charge is 0.253 e. The minimum atomic E-state index is -0.297. The van der Waals surface area contributed by atoms with Gasteiger partial charge in [-0.25, -0.2) is 0 Å². The van der Waals surface area contributed by atoms with Crippen molar-refractivity contribution in [3.63, 3.8) is 0 Å². The van der Waals surface area contributed by atoms with Crippen molar-refractivity contribution >= 4 is 40.1 Å². The van der Waals surface area contributed by atoms with Gasteiger partial charge < -0.3 is 10.0 Å². The summed E-state index contributed by atoms with van der Waals surface area (Å²) in [4.78, 5) is 14.1. The van der Waals surface area contributed by atoms with E-state index in [0.29, 0.717) is 30.1 Å². The molecule has 0 radical (unpaired) electrons. The van der Waals surface area contributed by atoms with Gasteiger partial charge in [-0.2, -0.15) is 0 Å². The van der Waals surface area contributed by atoms with Crippen molar-refractivity contribution in [3.05, 3.63) is 32.4 Å². The molecule has 0 aliphatic carbocycles. The molecule has 0 spiro atoms. The van der Waals surface area contributed by atoms with E-state index in [1.165, 1.54) is 0 Å². The molecule has 5 heteroatoms. The highest BCUT2D eigenvalue weighted by molar-refractivity contribution is 14.1. The number of amides is 1. The van der Waals surface area contributed by atoms with E-state index in [9.17, 15) is 9.90 Å². The average Bonchev–Trinajstić information content (AvgIpc) is 2.35. The Labute approximate surface area is 125 Å². The first-order chi connectivity index (χ1) is 8.49. The first-order valence-electron chi connectivity index (χ1n) is 5.91. The van der Waals surface area contributed by atoms with Crippen molar-refractivity contribution in [2.45, 2.75) is 19.4 Å². The SMILES string of the molecule is CC1CN(C(=O)c2ccc(I)c(Cl)c2)CCC1O. The highest BCUT2D eigenvalue weighted by Crippen LogP contribution is 2.23. The molecule has 1 amide bonds. The van der Waals surface area contributed by atoms with Crippen LogP contribution in [0.25, 0.3) is 0 Å². The van der Waals surface area contributed by atoms with Crippen molar-refractivity contribution in [2.24, 2.45) is 5.92 Å². The zero-order valence-electron chi connectivity index (χ0n) is 10.1. The number of hydrogen-bond donors (Lipinski definition) is 1. The molecule has 18 heavy (non-hydrogen) atoms. The summed E-state index contributed by atoms with van der Waals surface area (Å²) in [5.74, 6) is 0.120. The predicted octanol–water partition coefficient (Wildman–Crippen LogP) is 2.79. The summed E-state index contributed by atoms with van der Waals surface area (Å²) in [7, 11) is 0. The molecule has 2 atom stereocenters. The van der Waals surface area contributed by atoms with Gasteiger partial charge in [0.15, 0.2) is 0 Å². The van der Waals surface area contributed by atoms with Crippen molar-refractivity contribution in [3.8, 4) is 0 Å². The number of aliphatic hydroxyl groups excluding tert-OH is 1. The fraction of sp³-hybridized carbons (Fsp3) is 0.462. The molecule has 3 nitrogen and oxygen atoms in total. The van der Waals surface area contributed by atoms with E-state index < -0.39 is 0 Å². The van der Waals surface area contributed by atoms with Crippen LogP contribution < -0.4 is 0 Å². The van der Waals surface area contributed by atoms with E-state index in [1.54, 1.807) is 17.0 Å². The summed E-state index contributed by atoms with van der Waals surface area (Å²) < 4.78 is 0.938. The number of rotatable bonds is 1. The van der Waals surface area contributed by atoms with Gasteiger partial charge in [-0.15, -0.1) is 0 Å². The number of carbonyl (C=O) groups is 1. The lowest BCUT2D eigenvalue weighted by Gasteiger charge is -2.34. The molecule has 2 unspecified atom stereocenters. The first kappa shape index (κ1) is 14.1. The van der Waals surface area contributed by atoms with Gasteiger partial charge in [0.05, 0.1) is 11.1 Å². The second kappa shape index (κ2) is 5.75. The maximum atomic E-state index is 12.3. The van der Waals surface area contributed by atoms with Crippen molar-refractivity contribution in [1.82, 2.24) is 4.90 Å². The van der Waals surface area contributed by atoms with Gasteiger partial charge in [-0.3, -0.25) is 4.79 Å². The van der Waals surface area contributed by atoms with E-state index in [1.807, 2.05) is 13.0 Å². The van der Waals surface area contributed by atoms with Gasteiger partial charge >= 0.3 is 0 Å². The van der Waals surface area contributed by atoms with Crippen LogP contribution in [0.4, 0.5) is 0 Å². The Hall–Kier alpha value is -0.330. The fourth-order valence-corrected chi connectivity index (χ4v) is 2.65. The Kier molecular flexibility index (Phi) is 4.50. The molecule has 1 fully saturated rings. The average molecular weight is 380 g/mol. The molecule has 1 aromatic rings. The summed E-state index contributed by atoms with van der Waals surface area (Å²) in [5.41, 5.74) is 0.615. The monoisotopic (exact) mass is 379 g/mol. The van der Waals surface area contributed by atoms with Gasteiger partial charge in [0.1, 0.15) is 0 Å². The van der Waals surface area contributed by atoms with E-state index in [0.717, 1.165) is 3.57 Å². The van der Waals surface area contributed by atoms with Gasteiger partial charge in [0, 0.05) is 22.2 Å². The quantitative estimate of drug-likeness (QED) is 0.762. The largest absolute Gasteiger partial charge is 0.393 e. The van der Waals surface area contributed by atoms with Crippen LogP contribution in [0, 0.1) is 9.49 Å². The Morgan fingerprint density at radius 1 is 1.56 bits per heavy atom. The molecular weight excluding hydrogens is 365 g/mol.